The summed E-state index contributed by atoms with van der Waals surface area (Å²) < 4.78 is 34.6. The molecule has 5 aliphatic rings. The molecule has 1 saturated heterocycles. The Balaban J connectivity index is 1.24. The van der Waals surface area contributed by atoms with Gasteiger partial charge in [-0.15, -0.1) is 0 Å². The van der Waals surface area contributed by atoms with Gasteiger partial charge in [0.25, 0.3) is 5.91 Å². The van der Waals surface area contributed by atoms with Crippen molar-refractivity contribution < 1.29 is 37.4 Å². The van der Waals surface area contributed by atoms with E-state index in [1.54, 1.807) is 20.8 Å². The van der Waals surface area contributed by atoms with Gasteiger partial charge in [0.2, 0.25) is 27.7 Å². The van der Waals surface area contributed by atoms with Crippen molar-refractivity contribution in [3.8, 4) is 5.88 Å². The third kappa shape index (κ3) is 7.48. The molecule has 3 N–H and O–H groups in total. The first-order chi connectivity index (χ1) is 25.2. The fourth-order valence-corrected chi connectivity index (χ4v) is 9.85. The summed E-state index contributed by atoms with van der Waals surface area (Å²) in [5, 5.41) is 14.6. The minimum absolute atomic E-state index is 0.00327. The van der Waals surface area contributed by atoms with Crippen LogP contribution in [-0.2, 0) is 37.2 Å². The molecule has 2 aromatic rings. The van der Waals surface area contributed by atoms with Crippen LogP contribution < -0.4 is 14.8 Å². The molecule has 3 heterocycles. The maximum Gasteiger partial charge on any atom is 0.408 e. The molecule has 0 unspecified atom stereocenters. The smallest absolute Gasteiger partial charge is 0.408 e. The summed E-state index contributed by atoms with van der Waals surface area (Å²) in [6, 6.07) is 5.75. The Labute approximate surface area is 310 Å². The summed E-state index contributed by atoms with van der Waals surface area (Å²) in [5.41, 5.74) is -0.228. The van der Waals surface area contributed by atoms with Crippen LogP contribution in [0.4, 0.5) is 4.79 Å². The van der Waals surface area contributed by atoms with Crippen molar-refractivity contribution in [2.45, 2.75) is 139 Å². The maximum absolute atomic E-state index is 14.8. The van der Waals surface area contributed by atoms with E-state index in [1.165, 1.54) is 15.4 Å². The van der Waals surface area contributed by atoms with Crippen LogP contribution in [0, 0.1) is 5.92 Å². The number of fused-ring (bicyclic) bond motifs is 5. The number of benzene rings is 1. The Hall–Kier alpha value is -4.20. The molecular formula is C39H51N5O8S. The first kappa shape index (κ1) is 37.1. The van der Waals surface area contributed by atoms with Crippen LogP contribution in [0.15, 0.2) is 36.4 Å². The molecule has 1 aromatic carbocycles. The van der Waals surface area contributed by atoms with E-state index in [2.05, 4.69) is 16.1 Å². The summed E-state index contributed by atoms with van der Waals surface area (Å²) in [5.74, 6) is -1.91. The fourth-order valence-electron chi connectivity index (χ4n) is 8.49. The third-order valence-corrected chi connectivity index (χ3v) is 13.3. The lowest BCUT2D eigenvalue weighted by Crippen LogP contribution is -2.60. The van der Waals surface area contributed by atoms with Gasteiger partial charge >= 0.3 is 6.09 Å². The largest absolute Gasteiger partial charge is 0.472 e. The lowest BCUT2D eigenvalue weighted by Gasteiger charge is -2.41. The van der Waals surface area contributed by atoms with Gasteiger partial charge < -0.3 is 20.1 Å². The SMILES string of the molecule is CC(C)(C)N(C(=O)O)[C@H]1CCCCCC=C[C@@H]2C[C@@]2(C(=O)NS(=O)(=O)C2CC2)NC(=O)[C@@H]2C[C@@H](Oc3nc4c(c5ccccc35)CCCC4)CN2C1=O. The number of aryl methyl sites for hydroxylation is 2. The van der Waals surface area contributed by atoms with E-state index in [0.717, 1.165) is 55.0 Å². The Morgan fingerprint density at radius 1 is 1.04 bits per heavy atom. The van der Waals surface area contributed by atoms with Crippen LogP contribution in [0.5, 0.6) is 5.88 Å². The average Bonchev–Trinajstić information content (AvgIpc) is 4.03. The fraction of sp³-hybridized carbons (Fsp3) is 0.615. The van der Waals surface area contributed by atoms with Crippen molar-refractivity contribution in [3.63, 3.8) is 0 Å². The quantitative estimate of drug-likeness (QED) is 0.356. The second-order valence-electron chi connectivity index (χ2n) is 16.4. The van der Waals surface area contributed by atoms with Crippen molar-refractivity contribution in [1.29, 1.82) is 0 Å². The molecule has 0 spiro atoms. The lowest BCUT2D eigenvalue weighted by atomic mass is 9.92. The molecule has 14 heteroatoms. The van der Waals surface area contributed by atoms with Crippen LogP contribution >= 0.6 is 0 Å². The van der Waals surface area contributed by atoms with Crippen molar-refractivity contribution >= 4 is 44.6 Å². The highest BCUT2D eigenvalue weighted by Crippen LogP contribution is 2.46. The minimum Gasteiger partial charge on any atom is -0.472 e. The van der Waals surface area contributed by atoms with E-state index in [0.29, 0.717) is 31.6 Å². The summed E-state index contributed by atoms with van der Waals surface area (Å²) in [4.78, 5) is 63.4. The van der Waals surface area contributed by atoms with Gasteiger partial charge in [0.05, 0.1) is 11.8 Å². The first-order valence-corrected chi connectivity index (χ1v) is 20.7. The number of ether oxygens (including phenoxy) is 1. The van der Waals surface area contributed by atoms with Crippen LogP contribution in [0.25, 0.3) is 10.8 Å². The van der Waals surface area contributed by atoms with E-state index in [4.69, 9.17) is 9.72 Å². The van der Waals surface area contributed by atoms with Gasteiger partial charge in [-0.2, -0.15) is 0 Å². The summed E-state index contributed by atoms with van der Waals surface area (Å²) >= 11 is 0. The number of pyridine rings is 1. The van der Waals surface area contributed by atoms with Gasteiger partial charge in [-0.05, 0) is 102 Å². The van der Waals surface area contributed by atoms with E-state index < -0.39 is 74.3 Å². The van der Waals surface area contributed by atoms with Gasteiger partial charge in [-0.25, -0.2) is 18.2 Å². The number of carboxylic acid groups (broad SMARTS) is 1. The van der Waals surface area contributed by atoms with E-state index in [-0.39, 0.29) is 25.8 Å². The molecule has 286 valence electrons. The van der Waals surface area contributed by atoms with Crippen LogP contribution in [0.3, 0.4) is 0 Å². The Morgan fingerprint density at radius 3 is 2.49 bits per heavy atom. The summed E-state index contributed by atoms with van der Waals surface area (Å²) in [6.07, 6.45) is 10.1. The second kappa shape index (κ2) is 14.2. The Morgan fingerprint density at radius 2 is 1.77 bits per heavy atom. The molecule has 4 amide bonds. The molecule has 3 aliphatic carbocycles. The summed E-state index contributed by atoms with van der Waals surface area (Å²) in [6.45, 7) is 5.23. The number of carbonyl (C=O) groups excluding carboxylic acids is 3. The summed E-state index contributed by atoms with van der Waals surface area (Å²) in [7, 11) is -3.89. The molecule has 1 aromatic heterocycles. The van der Waals surface area contributed by atoms with Crippen LogP contribution in [-0.4, -0.2) is 93.2 Å². The van der Waals surface area contributed by atoms with Gasteiger partial charge in [-0.3, -0.25) is 24.0 Å². The van der Waals surface area contributed by atoms with Crippen molar-refractivity contribution in [2.75, 3.05) is 6.54 Å². The highest BCUT2D eigenvalue weighted by molar-refractivity contribution is 7.91. The topological polar surface area (TPSA) is 175 Å². The number of rotatable bonds is 6. The zero-order valence-corrected chi connectivity index (χ0v) is 31.6. The molecule has 5 atom stereocenters. The van der Waals surface area contributed by atoms with Crippen LogP contribution in [0.2, 0.25) is 0 Å². The number of amides is 4. The average molecular weight is 750 g/mol. The number of hydrogen-bond acceptors (Lipinski definition) is 8. The van der Waals surface area contributed by atoms with E-state index in [1.807, 2.05) is 30.4 Å². The Kier molecular flexibility index (Phi) is 9.96. The third-order valence-electron chi connectivity index (χ3n) is 11.5. The minimum atomic E-state index is -3.89. The zero-order valence-electron chi connectivity index (χ0n) is 30.8. The van der Waals surface area contributed by atoms with Crippen molar-refractivity contribution in [1.82, 2.24) is 24.8 Å². The van der Waals surface area contributed by atoms with Gasteiger partial charge in [0.15, 0.2) is 0 Å². The molecule has 3 fully saturated rings. The van der Waals surface area contributed by atoms with Gasteiger partial charge in [-0.1, -0.05) is 43.2 Å². The van der Waals surface area contributed by atoms with Crippen molar-refractivity contribution in [3.05, 3.63) is 47.7 Å². The molecule has 2 aliphatic heterocycles. The number of nitrogens with zero attached hydrogens (tertiary/aromatic N) is 3. The highest BCUT2D eigenvalue weighted by atomic mass is 32.2. The normalized spacial score (nSPS) is 28.1. The van der Waals surface area contributed by atoms with E-state index in [9.17, 15) is 32.7 Å². The highest BCUT2D eigenvalue weighted by Gasteiger charge is 2.62. The zero-order chi connectivity index (χ0) is 37.7. The predicted molar refractivity (Wildman–Crippen MR) is 198 cm³/mol. The number of nitrogens with one attached hydrogen (secondary N) is 2. The number of carbonyl (C=O) groups is 4. The Bertz CT molecular complexity index is 1940. The van der Waals surface area contributed by atoms with Crippen LogP contribution in [0.1, 0.15) is 103 Å². The molecule has 7 rings (SSSR count). The van der Waals surface area contributed by atoms with E-state index >= 15 is 0 Å². The molecular weight excluding hydrogens is 699 g/mol. The predicted octanol–water partition coefficient (Wildman–Crippen LogP) is 4.61. The second-order valence-corrected chi connectivity index (χ2v) is 18.4. The number of allylic oxidation sites excluding steroid dienone is 1. The van der Waals surface area contributed by atoms with Gasteiger partial charge in [0, 0.05) is 29.0 Å². The monoisotopic (exact) mass is 749 g/mol. The molecule has 2 saturated carbocycles. The number of aromatic nitrogens is 1. The standard InChI is InChI=1S/C39H51N5O8S/c1-38(2,3)44(37(48)49)31-18-8-6-4-5-7-13-24-22-39(24,36(47)42-53(50,51)26-19-20-26)41-33(45)32-21-25(23-43(32)35(31)46)52-34-29-16-10-9-14-27(29)28-15-11-12-17-30(28)40-34/h7,9-10,13-14,16,24-26,31-32H,4-6,8,11-12,15,17-23H2,1-3H3,(H,41,45)(H,42,47)(H,48,49)/t24-,25-,31+,32+,39-/m1/s1. The molecule has 0 bridgehead atoms. The number of hydrogen-bond donors (Lipinski definition) is 3. The lowest BCUT2D eigenvalue weighted by molar-refractivity contribution is -0.144. The molecule has 53 heavy (non-hydrogen) atoms. The first-order valence-electron chi connectivity index (χ1n) is 19.1. The maximum atomic E-state index is 14.8. The van der Waals surface area contributed by atoms with Crippen molar-refractivity contribution in [2.24, 2.45) is 5.92 Å². The van der Waals surface area contributed by atoms with Gasteiger partial charge in [0.1, 0.15) is 23.7 Å². The molecule has 13 nitrogen and oxygen atoms in total. The number of sulfonamides is 1. The molecule has 0 radical (unpaired) electrons.